The zero-order valence-electron chi connectivity index (χ0n) is 20.5. The van der Waals surface area contributed by atoms with Crippen LogP contribution < -0.4 is 0 Å². The van der Waals surface area contributed by atoms with Crippen molar-refractivity contribution in [1.82, 2.24) is 0 Å². The molecule has 0 saturated heterocycles. The second-order valence-electron chi connectivity index (χ2n) is 9.12. The maximum Gasteiger partial charge on any atom is 0.143 e. The fourth-order valence-electron chi connectivity index (χ4n) is 3.58. The van der Waals surface area contributed by atoms with Crippen molar-refractivity contribution in [1.29, 1.82) is 0 Å². The Labute approximate surface area is 190 Å². The fourth-order valence-corrected chi connectivity index (χ4v) is 3.58. The van der Waals surface area contributed by atoms with Crippen molar-refractivity contribution < 1.29 is 4.79 Å². The minimum absolute atomic E-state index is 0.286. The summed E-state index contributed by atoms with van der Waals surface area (Å²) in [6.07, 6.45) is 29.3. The molecule has 31 heavy (non-hydrogen) atoms. The number of hydrogen-bond donors (Lipinski definition) is 0. The molecule has 1 nitrogen and oxygen atoms in total. The van der Waals surface area contributed by atoms with Crippen LogP contribution in [0.5, 0.6) is 0 Å². The third-order valence-electron chi connectivity index (χ3n) is 5.54. The third kappa shape index (κ3) is 10.8. The highest BCUT2D eigenvalue weighted by Crippen LogP contribution is 2.40. The molecule has 0 saturated carbocycles. The number of rotatable bonds is 9. The molecule has 0 aliphatic heterocycles. The lowest BCUT2D eigenvalue weighted by molar-refractivity contribution is -0.104. The third-order valence-corrected chi connectivity index (χ3v) is 5.54. The predicted molar refractivity (Wildman–Crippen MR) is 138 cm³/mol. The Bertz CT molecular complexity index is 887. The van der Waals surface area contributed by atoms with E-state index in [9.17, 15) is 4.79 Å². The molecule has 0 aromatic rings. The Morgan fingerprint density at radius 2 is 1.26 bits per heavy atom. The minimum Gasteiger partial charge on any atom is -0.299 e. The Morgan fingerprint density at radius 1 is 0.742 bits per heavy atom. The first-order valence-electron chi connectivity index (χ1n) is 11.2. The number of carbonyl (C=O) groups excluding carboxylic acids is 1. The van der Waals surface area contributed by atoms with Crippen molar-refractivity contribution in [3.05, 3.63) is 106 Å². The van der Waals surface area contributed by atoms with Gasteiger partial charge in [0.25, 0.3) is 0 Å². The van der Waals surface area contributed by atoms with E-state index in [0.717, 1.165) is 17.4 Å². The molecular formula is C30H40O. The zero-order valence-corrected chi connectivity index (χ0v) is 20.5. The molecule has 0 fully saturated rings. The molecule has 1 aliphatic rings. The Kier molecular flexibility index (Phi) is 11.6. The molecule has 0 amide bonds. The molecule has 0 aromatic carbocycles. The summed E-state index contributed by atoms with van der Waals surface area (Å²) >= 11 is 0. The van der Waals surface area contributed by atoms with E-state index in [1.807, 2.05) is 38.2 Å². The highest BCUT2D eigenvalue weighted by atomic mass is 16.1. The first kappa shape index (κ1) is 26.4. The lowest BCUT2D eigenvalue weighted by atomic mass is 9.72. The van der Waals surface area contributed by atoms with E-state index in [4.69, 9.17) is 0 Å². The van der Waals surface area contributed by atoms with Gasteiger partial charge in [-0.2, -0.15) is 0 Å². The molecule has 0 aromatic heterocycles. The van der Waals surface area contributed by atoms with Crippen LogP contribution in [0.1, 0.15) is 67.7 Å². The summed E-state index contributed by atoms with van der Waals surface area (Å²) in [7, 11) is 0. The lowest BCUT2D eigenvalue weighted by Gasteiger charge is -2.32. The van der Waals surface area contributed by atoms with Gasteiger partial charge in [0.2, 0.25) is 0 Å². The zero-order chi connectivity index (χ0) is 23.3. The van der Waals surface area contributed by atoms with Crippen LogP contribution in [0.15, 0.2) is 106 Å². The molecule has 1 heteroatoms. The standard InChI is InChI=1S/C30H40O/c1-24(12-8-9-13-25(2)17-18-27(4)21-23-31)14-10-15-26(3)19-20-29-28(5)16-11-22-30(29,6)7/h8-10,12-15,17-21,23H,11,16,22H2,1-7H3. The van der Waals surface area contributed by atoms with Gasteiger partial charge in [0.15, 0.2) is 0 Å². The summed E-state index contributed by atoms with van der Waals surface area (Å²) < 4.78 is 0. The lowest BCUT2D eigenvalue weighted by Crippen LogP contribution is -2.19. The van der Waals surface area contributed by atoms with Crippen LogP contribution in [0.2, 0.25) is 0 Å². The van der Waals surface area contributed by atoms with Gasteiger partial charge in [-0.25, -0.2) is 0 Å². The highest BCUT2D eigenvalue weighted by Gasteiger charge is 2.26. The molecule has 0 bridgehead atoms. The quantitative estimate of drug-likeness (QED) is 0.209. The van der Waals surface area contributed by atoms with Gasteiger partial charge in [-0.05, 0) is 76.5 Å². The minimum atomic E-state index is 0.286. The molecule has 0 unspecified atom stereocenters. The Hall–Kier alpha value is -2.67. The van der Waals surface area contributed by atoms with Gasteiger partial charge in [0.1, 0.15) is 6.29 Å². The molecule has 1 aliphatic carbocycles. The van der Waals surface area contributed by atoms with Crippen LogP contribution in [0.25, 0.3) is 0 Å². The SMILES string of the molecule is CC(C=CC(C)=CC=CC=C(C)C=CC=C(C)C=CC1=C(C)CCCC1(C)C)=CC=O. The molecule has 0 heterocycles. The van der Waals surface area contributed by atoms with E-state index < -0.39 is 0 Å². The highest BCUT2D eigenvalue weighted by molar-refractivity contribution is 5.67. The second-order valence-corrected chi connectivity index (χ2v) is 9.12. The maximum absolute atomic E-state index is 10.4. The Morgan fingerprint density at radius 3 is 1.84 bits per heavy atom. The van der Waals surface area contributed by atoms with E-state index in [1.54, 1.807) is 6.08 Å². The van der Waals surface area contributed by atoms with Gasteiger partial charge in [-0.1, -0.05) is 103 Å². The monoisotopic (exact) mass is 416 g/mol. The van der Waals surface area contributed by atoms with Gasteiger partial charge < -0.3 is 0 Å². The number of carbonyl (C=O) groups is 1. The normalized spacial score (nSPS) is 19.6. The van der Waals surface area contributed by atoms with Gasteiger partial charge in [-0.15, -0.1) is 0 Å². The van der Waals surface area contributed by atoms with E-state index >= 15 is 0 Å². The molecular weight excluding hydrogens is 376 g/mol. The van der Waals surface area contributed by atoms with Crippen molar-refractivity contribution in [3.63, 3.8) is 0 Å². The summed E-state index contributed by atoms with van der Waals surface area (Å²) in [5.41, 5.74) is 7.86. The summed E-state index contributed by atoms with van der Waals surface area (Å²) in [6.45, 7) is 15.2. The molecule has 0 atom stereocenters. The maximum atomic E-state index is 10.4. The predicted octanol–water partition coefficient (Wildman–Crippen LogP) is 8.72. The van der Waals surface area contributed by atoms with Crippen molar-refractivity contribution in [2.45, 2.75) is 67.7 Å². The van der Waals surface area contributed by atoms with Crippen molar-refractivity contribution in [3.8, 4) is 0 Å². The molecule has 1 rings (SSSR count). The summed E-state index contributed by atoms with van der Waals surface area (Å²) in [5, 5.41) is 0. The van der Waals surface area contributed by atoms with Gasteiger partial charge in [0, 0.05) is 0 Å². The fraction of sp³-hybridized carbons (Fsp3) is 0.367. The molecule has 166 valence electrons. The van der Waals surface area contributed by atoms with Crippen LogP contribution in [0, 0.1) is 5.41 Å². The second kappa shape index (κ2) is 13.6. The van der Waals surface area contributed by atoms with Crippen LogP contribution in [0.3, 0.4) is 0 Å². The molecule has 0 radical (unpaired) electrons. The Balaban J connectivity index is 2.66. The van der Waals surface area contributed by atoms with Gasteiger partial charge in [-0.3, -0.25) is 4.79 Å². The van der Waals surface area contributed by atoms with Crippen molar-refractivity contribution in [2.24, 2.45) is 5.41 Å². The van der Waals surface area contributed by atoms with Crippen molar-refractivity contribution in [2.75, 3.05) is 0 Å². The van der Waals surface area contributed by atoms with Gasteiger partial charge >= 0.3 is 0 Å². The van der Waals surface area contributed by atoms with Crippen LogP contribution in [-0.4, -0.2) is 6.29 Å². The molecule has 0 spiro atoms. The van der Waals surface area contributed by atoms with E-state index in [2.05, 4.69) is 77.2 Å². The summed E-state index contributed by atoms with van der Waals surface area (Å²) in [6, 6.07) is 0. The van der Waals surface area contributed by atoms with Crippen LogP contribution in [-0.2, 0) is 4.79 Å². The van der Waals surface area contributed by atoms with E-state index in [0.29, 0.717) is 0 Å². The molecule has 0 N–H and O–H groups in total. The first-order chi connectivity index (χ1) is 14.7. The average Bonchev–Trinajstić information content (AvgIpc) is 2.69. The average molecular weight is 417 g/mol. The van der Waals surface area contributed by atoms with Crippen LogP contribution >= 0.6 is 0 Å². The number of hydrogen-bond acceptors (Lipinski definition) is 1. The summed E-state index contributed by atoms with van der Waals surface area (Å²) in [5.74, 6) is 0. The van der Waals surface area contributed by atoms with Crippen LogP contribution in [0.4, 0.5) is 0 Å². The van der Waals surface area contributed by atoms with Crippen molar-refractivity contribution >= 4 is 6.29 Å². The summed E-state index contributed by atoms with van der Waals surface area (Å²) in [4.78, 5) is 10.4. The first-order valence-corrected chi connectivity index (χ1v) is 11.2. The topological polar surface area (TPSA) is 17.1 Å². The smallest absolute Gasteiger partial charge is 0.143 e. The number of allylic oxidation sites excluding steroid dienone is 18. The van der Waals surface area contributed by atoms with Gasteiger partial charge in [0.05, 0.1) is 0 Å². The number of aldehydes is 1. The van der Waals surface area contributed by atoms with E-state index in [1.165, 1.54) is 41.6 Å². The largest absolute Gasteiger partial charge is 0.299 e. The van der Waals surface area contributed by atoms with E-state index in [-0.39, 0.29) is 5.41 Å².